The third-order valence-electron chi connectivity index (χ3n) is 3.88. The van der Waals surface area contributed by atoms with Gasteiger partial charge in [-0.15, -0.1) is 0 Å². The Kier molecular flexibility index (Phi) is 19.8. The van der Waals surface area contributed by atoms with Gasteiger partial charge in [-0.2, -0.15) is 0 Å². The lowest BCUT2D eigenvalue weighted by molar-refractivity contribution is 0.675. The maximum absolute atomic E-state index is 4.06. The normalized spacial score (nSPS) is 12.5. The molecule has 146 valence electrons. The molecule has 0 unspecified atom stereocenters. The first-order valence-electron chi connectivity index (χ1n) is 10.5. The number of rotatable bonds is 17. The Balaban J connectivity index is 3.46. The van der Waals surface area contributed by atoms with Crippen LogP contribution in [0.2, 0.25) is 0 Å². The maximum Gasteiger partial charge on any atom is 0.0141 e. The smallest absolute Gasteiger partial charge is 0.0141 e. The summed E-state index contributed by atoms with van der Waals surface area (Å²) in [7, 11) is 0. The van der Waals surface area contributed by atoms with Gasteiger partial charge in [-0.05, 0) is 64.2 Å². The Bertz CT molecular complexity index is 449. The highest BCUT2D eigenvalue weighted by Gasteiger charge is 1.92. The Morgan fingerprint density at radius 3 is 1.69 bits per heavy atom. The Morgan fingerprint density at radius 2 is 1.19 bits per heavy atom. The van der Waals surface area contributed by atoms with Crippen molar-refractivity contribution in [2.24, 2.45) is 0 Å². The molecule has 0 aliphatic heterocycles. The molecule has 1 heteroatoms. The molecular formula is C25H41N. The average molecular weight is 356 g/mol. The first kappa shape index (κ1) is 24.2. The fraction of sp³-hybridized carbons (Fsp3) is 0.520. The lowest BCUT2D eigenvalue weighted by Gasteiger charge is -2.07. The van der Waals surface area contributed by atoms with Crippen molar-refractivity contribution in [1.82, 2.24) is 5.32 Å². The standard InChI is InChI=1S/C25H41N/c1-4-6-7-8-9-10-11-12-13-14-15-16-17-18-19-20-21-22-23-25(3)26-24-5-2/h6-7,9-10,12-13,15-16,18-19,26H,3-5,8,11,14,17,20-24H2,1-2H3/b7-6-,10-9-,13-12-,16-15-,19-18-. The maximum atomic E-state index is 4.06. The highest BCUT2D eigenvalue weighted by atomic mass is 14.9. The quantitative estimate of drug-likeness (QED) is 0.207. The zero-order valence-corrected chi connectivity index (χ0v) is 17.3. The molecular weight excluding hydrogens is 314 g/mol. The van der Waals surface area contributed by atoms with Crippen LogP contribution in [0.5, 0.6) is 0 Å². The molecule has 0 spiro atoms. The lowest BCUT2D eigenvalue weighted by atomic mass is 10.1. The molecule has 0 atom stereocenters. The number of unbranched alkanes of at least 4 members (excludes halogenated alkanes) is 2. The molecule has 0 amide bonds. The van der Waals surface area contributed by atoms with Crippen molar-refractivity contribution < 1.29 is 0 Å². The third-order valence-corrected chi connectivity index (χ3v) is 3.88. The summed E-state index contributed by atoms with van der Waals surface area (Å²) >= 11 is 0. The molecule has 26 heavy (non-hydrogen) atoms. The van der Waals surface area contributed by atoms with Crippen molar-refractivity contribution in [3.05, 3.63) is 73.0 Å². The summed E-state index contributed by atoms with van der Waals surface area (Å²) in [6.07, 6.45) is 33.7. The minimum Gasteiger partial charge on any atom is -0.389 e. The minimum atomic E-state index is 1.03. The van der Waals surface area contributed by atoms with Gasteiger partial charge in [0.15, 0.2) is 0 Å². The summed E-state index contributed by atoms with van der Waals surface area (Å²) < 4.78 is 0. The molecule has 0 saturated heterocycles. The number of hydrogen-bond acceptors (Lipinski definition) is 1. The van der Waals surface area contributed by atoms with Crippen LogP contribution in [0, 0.1) is 0 Å². The monoisotopic (exact) mass is 355 g/mol. The van der Waals surface area contributed by atoms with Crippen LogP contribution >= 0.6 is 0 Å². The molecule has 0 heterocycles. The van der Waals surface area contributed by atoms with E-state index < -0.39 is 0 Å². The van der Waals surface area contributed by atoms with Crippen LogP contribution in [0.25, 0.3) is 0 Å². The predicted molar refractivity (Wildman–Crippen MR) is 120 cm³/mol. The Hall–Kier alpha value is -1.76. The van der Waals surface area contributed by atoms with Gasteiger partial charge in [-0.1, -0.05) is 81.2 Å². The zero-order chi connectivity index (χ0) is 19.1. The van der Waals surface area contributed by atoms with E-state index in [2.05, 4.69) is 86.5 Å². The van der Waals surface area contributed by atoms with Gasteiger partial charge in [-0.3, -0.25) is 0 Å². The Labute approximate surface area is 163 Å². The Morgan fingerprint density at radius 1 is 0.692 bits per heavy atom. The summed E-state index contributed by atoms with van der Waals surface area (Å²) in [5.74, 6) is 0. The SMILES string of the molecule is C=C(CCCC/C=C\C/C=C\C/C=C\C/C=C\C/C=C\CC)NCCC. The molecule has 0 radical (unpaired) electrons. The van der Waals surface area contributed by atoms with Crippen LogP contribution in [-0.2, 0) is 0 Å². The van der Waals surface area contributed by atoms with Gasteiger partial charge in [-0.25, -0.2) is 0 Å². The molecule has 1 N–H and O–H groups in total. The molecule has 0 aliphatic rings. The minimum absolute atomic E-state index is 1.03. The highest BCUT2D eigenvalue weighted by Crippen LogP contribution is 2.06. The fourth-order valence-corrected chi connectivity index (χ4v) is 2.36. The van der Waals surface area contributed by atoms with E-state index >= 15 is 0 Å². The van der Waals surface area contributed by atoms with Crippen molar-refractivity contribution >= 4 is 0 Å². The van der Waals surface area contributed by atoms with Crippen molar-refractivity contribution in [2.75, 3.05) is 6.54 Å². The van der Waals surface area contributed by atoms with Gasteiger partial charge in [0.1, 0.15) is 0 Å². The first-order valence-corrected chi connectivity index (χ1v) is 10.5. The van der Waals surface area contributed by atoms with E-state index in [9.17, 15) is 0 Å². The van der Waals surface area contributed by atoms with E-state index in [0.717, 1.165) is 45.1 Å². The van der Waals surface area contributed by atoms with Gasteiger partial charge < -0.3 is 5.32 Å². The molecule has 0 aromatic carbocycles. The molecule has 0 fully saturated rings. The molecule has 0 bridgehead atoms. The largest absolute Gasteiger partial charge is 0.389 e. The van der Waals surface area contributed by atoms with Crippen LogP contribution < -0.4 is 5.32 Å². The zero-order valence-electron chi connectivity index (χ0n) is 17.3. The summed E-state index contributed by atoms with van der Waals surface area (Å²) in [4.78, 5) is 0. The molecule has 0 aromatic rings. The second-order valence-electron chi connectivity index (χ2n) is 6.48. The summed E-state index contributed by atoms with van der Waals surface area (Å²) in [6, 6.07) is 0. The van der Waals surface area contributed by atoms with Gasteiger partial charge in [0, 0.05) is 12.2 Å². The third kappa shape index (κ3) is 20.3. The van der Waals surface area contributed by atoms with E-state index in [1.165, 1.54) is 31.4 Å². The first-order chi connectivity index (χ1) is 12.8. The van der Waals surface area contributed by atoms with Crippen LogP contribution in [-0.4, -0.2) is 6.54 Å². The summed E-state index contributed by atoms with van der Waals surface area (Å²) in [5.41, 5.74) is 1.19. The highest BCUT2D eigenvalue weighted by molar-refractivity contribution is 5.00. The molecule has 0 saturated carbocycles. The summed E-state index contributed by atoms with van der Waals surface area (Å²) in [5, 5.41) is 3.36. The predicted octanol–water partition coefficient (Wildman–Crippen LogP) is 7.81. The van der Waals surface area contributed by atoms with Crippen LogP contribution in [0.4, 0.5) is 0 Å². The van der Waals surface area contributed by atoms with Crippen molar-refractivity contribution in [2.45, 2.75) is 78.1 Å². The number of nitrogens with one attached hydrogen (secondary N) is 1. The van der Waals surface area contributed by atoms with Gasteiger partial charge in [0.25, 0.3) is 0 Å². The van der Waals surface area contributed by atoms with E-state index in [1.54, 1.807) is 0 Å². The van der Waals surface area contributed by atoms with E-state index in [-0.39, 0.29) is 0 Å². The average Bonchev–Trinajstić information content (AvgIpc) is 2.65. The number of hydrogen-bond donors (Lipinski definition) is 1. The second kappa shape index (κ2) is 21.3. The van der Waals surface area contributed by atoms with E-state index in [4.69, 9.17) is 0 Å². The second-order valence-corrected chi connectivity index (χ2v) is 6.48. The molecule has 0 aliphatic carbocycles. The molecule has 0 aromatic heterocycles. The van der Waals surface area contributed by atoms with Gasteiger partial charge in [0.05, 0.1) is 0 Å². The lowest BCUT2D eigenvalue weighted by Crippen LogP contribution is -2.12. The van der Waals surface area contributed by atoms with E-state index in [1.807, 2.05) is 0 Å². The molecule has 1 nitrogen and oxygen atoms in total. The summed E-state index contributed by atoms with van der Waals surface area (Å²) in [6.45, 7) is 9.45. The van der Waals surface area contributed by atoms with Gasteiger partial charge in [0.2, 0.25) is 0 Å². The molecule has 0 rings (SSSR count). The number of allylic oxidation sites excluding steroid dienone is 11. The van der Waals surface area contributed by atoms with Crippen LogP contribution in [0.3, 0.4) is 0 Å². The fourth-order valence-electron chi connectivity index (χ4n) is 2.36. The topological polar surface area (TPSA) is 12.0 Å². The van der Waals surface area contributed by atoms with Crippen LogP contribution in [0.15, 0.2) is 73.0 Å². The van der Waals surface area contributed by atoms with Crippen molar-refractivity contribution in [1.29, 1.82) is 0 Å². The van der Waals surface area contributed by atoms with Crippen LogP contribution in [0.1, 0.15) is 78.1 Å². The van der Waals surface area contributed by atoms with E-state index in [0.29, 0.717) is 0 Å². The van der Waals surface area contributed by atoms with Crippen molar-refractivity contribution in [3.63, 3.8) is 0 Å². The van der Waals surface area contributed by atoms with Crippen molar-refractivity contribution in [3.8, 4) is 0 Å². The van der Waals surface area contributed by atoms with Gasteiger partial charge >= 0.3 is 0 Å².